The van der Waals surface area contributed by atoms with Crippen molar-refractivity contribution < 1.29 is 9.90 Å². The summed E-state index contributed by atoms with van der Waals surface area (Å²) in [5, 5.41) is 18.7. The van der Waals surface area contributed by atoms with Crippen LogP contribution in [-0.2, 0) is 6.54 Å². The molecule has 0 fully saturated rings. The molecule has 3 N–H and O–H groups in total. The predicted octanol–water partition coefficient (Wildman–Crippen LogP) is 1.83. The van der Waals surface area contributed by atoms with Gasteiger partial charge in [0.2, 0.25) is 0 Å². The topological polar surface area (TPSA) is 79.2 Å². The highest BCUT2D eigenvalue weighted by Crippen LogP contribution is 2.07. The van der Waals surface area contributed by atoms with Gasteiger partial charge in [0.15, 0.2) is 0 Å². The van der Waals surface area contributed by atoms with E-state index in [0.29, 0.717) is 13.0 Å². The fourth-order valence-electron chi connectivity index (χ4n) is 2.10. The van der Waals surface area contributed by atoms with Gasteiger partial charge in [-0.05, 0) is 31.9 Å². The lowest BCUT2D eigenvalue weighted by Gasteiger charge is -2.13. The highest BCUT2D eigenvalue weighted by atomic mass is 16.3. The number of urea groups is 1. The summed E-state index contributed by atoms with van der Waals surface area (Å²) < 4.78 is 1.78. The number of carbonyl (C=O) groups is 1. The molecule has 1 aromatic carbocycles. The highest BCUT2D eigenvalue weighted by molar-refractivity contribution is 5.74. The maximum Gasteiger partial charge on any atom is 0.315 e. The van der Waals surface area contributed by atoms with Crippen LogP contribution >= 0.6 is 0 Å². The Bertz CT molecular complexity index is 583. The van der Waals surface area contributed by atoms with Crippen LogP contribution in [0.5, 0.6) is 0 Å². The van der Waals surface area contributed by atoms with Crippen LogP contribution in [0.2, 0.25) is 0 Å². The number of aliphatic hydroxyl groups excluding tert-OH is 1. The molecule has 0 saturated heterocycles. The molecule has 6 nitrogen and oxygen atoms in total. The third-order valence-corrected chi connectivity index (χ3v) is 3.28. The van der Waals surface area contributed by atoms with Gasteiger partial charge in [-0.2, -0.15) is 5.10 Å². The third kappa shape index (κ3) is 4.89. The molecule has 118 valence electrons. The SMILES string of the molecule is CC(CCCO)NC(=O)NCc1cnn(-c2ccccc2)c1. The Hall–Kier alpha value is -2.34. The molecule has 2 amide bonds. The Morgan fingerprint density at radius 1 is 1.36 bits per heavy atom. The summed E-state index contributed by atoms with van der Waals surface area (Å²) in [4.78, 5) is 11.8. The van der Waals surface area contributed by atoms with Gasteiger partial charge in [-0.25, -0.2) is 9.48 Å². The van der Waals surface area contributed by atoms with Gasteiger partial charge in [0.25, 0.3) is 0 Å². The van der Waals surface area contributed by atoms with Crippen molar-refractivity contribution in [3.63, 3.8) is 0 Å². The molecular formula is C16H22N4O2. The molecule has 1 heterocycles. The van der Waals surface area contributed by atoms with Crippen LogP contribution in [0, 0.1) is 0 Å². The molecule has 6 heteroatoms. The molecular weight excluding hydrogens is 280 g/mol. The van der Waals surface area contributed by atoms with Gasteiger partial charge >= 0.3 is 6.03 Å². The lowest BCUT2D eigenvalue weighted by Crippen LogP contribution is -2.40. The van der Waals surface area contributed by atoms with Gasteiger partial charge in [-0.1, -0.05) is 18.2 Å². The number of amides is 2. The second-order valence-electron chi connectivity index (χ2n) is 5.22. The van der Waals surface area contributed by atoms with Crippen molar-refractivity contribution in [1.29, 1.82) is 0 Å². The molecule has 0 aliphatic carbocycles. The Morgan fingerprint density at radius 3 is 2.86 bits per heavy atom. The fourth-order valence-corrected chi connectivity index (χ4v) is 2.10. The lowest BCUT2D eigenvalue weighted by molar-refractivity contribution is 0.234. The maximum atomic E-state index is 11.8. The molecule has 1 aromatic heterocycles. The van der Waals surface area contributed by atoms with Crippen molar-refractivity contribution >= 4 is 6.03 Å². The molecule has 2 aromatic rings. The summed E-state index contributed by atoms with van der Waals surface area (Å²) in [5.41, 5.74) is 1.91. The van der Waals surface area contributed by atoms with E-state index in [9.17, 15) is 4.79 Å². The van der Waals surface area contributed by atoms with E-state index in [1.807, 2.05) is 43.5 Å². The van der Waals surface area contributed by atoms with Gasteiger partial charge in [0.1, 0.15) is 0 Å². The molecule has 0 spiro atoms. The second-order valence-corrected chi connectivity index (χ2v) is 5.22. The standard InChI is InChI=1S/C16H22N4O2/c1-13(6-5-9-21)19-16(22)17-10-14-11-18-20(12-14)15-7-3-2-4-8-15/h2-4,7-8,11-13,21H,5-6,9-10H2,1H3,(H2,17,19,22). The van der Waals surface area contributed by atoms with Crippen LogP contribution < -0.4 is 10.6 Å². The van der Waals surface area contributed by atoms with Crippen molar-refractivity contribution in [2.75, 3.05) is 6.61 Å². The van der Waals surface area contributed by atoms with Crippen LogP contribution in [0.25, 0.3) is 5.69 Å². The van der Waals surface area contributed by atoms with Gasteiger partial charge in [-0.15, -0.1) is 0 Å². The Morgan fingerprint density at radius 2 is 2.14 bits per heavy atom. The number of hydrogen-bond acceptors (Lipinski definition) is 3. The maximum absolute atomic E-state index is 11.8. The van der Waals surface area contributed by atoms with Crippen molar-refractivity contribution in [2.24, 2.45) is 0 Å². The number of para-hydroxylation sites is 1. The first kappa shape index (κ1) is 16.0. The number of aromatic nitrogens is 2. The van der Waals surface area contributed by atoms with Crippen molar-refractivity contribution in [3.8, 4) is 5.69 Å². The van der Waals surface area contributed by atoms with E-state index in [4.69, 9.17) is 5.11 Å². The van der Waals surface area contributed by atoms with E-state index in [0.717, 1.165) is 17.7 Å². The summed E-state index contributed by atoms with van der Waals surface area (Å²) in [6, 6.07) is 9.64. The summed E-state index contributed by atoms with van der Waals surface area (Å²) >= 11 is 0. The van der Waals surface area contributed by atoms with Crippen LogP contribution in [0.4, 0.5) is 4.79 Å². The van der Waals surface area contributed by atoms with Crippen LogP contribution in [0.3, 0.4) is 0 Å². The normalized spacial score (nSPS) is 11.9. The predicted molar refractivity (Wildman–Crippen MR) is 84.7 cm³/mol. The first-order valence-electron chi connectivity index (χ1n) is 7.43. The first-order chi connectivity index (χ1) is 10.7. The summed E-state index contributed by atoms with van der Waals surface area (Å²) in [6.07, 6.45) is 5.08. The molecule has 2 rings (SSSR count). The summed E-state index contributed by atoms with van der Waals surface area (Å²) in [6.45, 7) is 2.49. The minimum atomic E-state index is -0.210. The number of aliphatic hydroxyl groups is 1. The van der Waals surface area contributed by atoms with Gasteiger partial charge < -0.3 is 15.7 Å². The number of rotatable bonds is 7. The Labute approximate surface area is 130 Å². The number of benzene rings is 1. The molecule has 0 aliphatic heterocycles. The monoisotopic (exact) mass is 302 g/mol. The van der Waals surface area contributed by atoms with Crippen LogP contribution in [-0.4, -0.2) is 33.6 Å². The average molecular weight is 302 g/mol. The molecule has 1 atom stereocenters. The largest absolute Gasteiger partial charge is 0.396 e. The minimum Gasteiger partial charge on any atom is -0.396 e. The van der Waals surface area contributed by atoms with E-state index in [1.54, 1.807) is 10.9 Å². The van der Waals surface area contributed by atoms with E-state index in [1.165, 1.54) is 0 Å². The minimum absolute atomic E-state index is 0.0409. The Kier molecular flexibility index (Phi) is 5.97. The number of nitrogens with one attached hydrogen (secondary N) is 2. The molecule has 0 aliphatic rings. The van der Waals surface area contributed by atoms with Gasteiger partial charge in [0.05, 0.1) is 11.9 Å². The molecule has 22 heavy (non-hydrogen) atoms. The molecule has 1 unspecified atom stereocenters. The quantitative estimate of drug-likeness (QED) is 0.730. The van der Waals surface area contributed by atoms with Crippen LogP contribution in [0.1, 0.15) is 25.3 Å². The zero-order chi connectivity index (χ0) is 15.8. The Balaban J connectivity index is 1.80. The van der Waals surface area contributed by atoms with Gasteiger partial charge in [-0.3, -0.25) is 0 Å². The third-order valence-electron chi connectivity index (χ3n) is 3.28. The summed E-state index contributed by atoms with van der Waals surface area (Å²) in [5.74, 6) is 0. The van der Waals surface area contributed by atoms with E-state index < -0.39 is 0 Å². The average Bonchev–Trinajstić information content (AvgIpc) is 3.01. The smallest absolute Gasteiger partial charge is 0.315 e. The fraction of sp³-hybridized carbons (Fsp3) is 0.375. The van der Waals surface area contributed by atoms with Crippen LogP contribution in [0.15, 0.2) is 42.7 Å². The lowest BCUT2D eigenvalue weighted by atomic mass is 10.2. The highest BCUT2D eigenvalue weighted by Gasteiger charge is 2.07. The number of carbonyl (C=O) groups excluding carboxylic acids is 1. The number of hydrogen-bond donors (Lipinski definition) is 3. The summed E-state index contributed by atoms with van der Waals surface area (Å²) in [7, 11) is 0. The van der Waals surface area contributed by atoms with Gasteiger partial charge in [0, 0.05) is 31.0 Å². The van der Waals surface area contributed by atoms with Crippen molar-refractivity contribution in [2.45, 2.75) is 32.4 Å². The number of nitrogens with zero attached hydrogens (tertiary/aromatic N) is 2. The first-order valence-corrected chi connectivity index (χ1v) is 7.43. The van der Waals surface area contributed by atoms with E-state index >= 15 is 0 Å². The van der Waals surface area contributed by atoms with Crippen molar-refractivity contribution in [3.05, 3.63) is 48.3 Å². The molecule has 0 bridgehead atoms. The molecule has 0 saturated carbocycles. The zero-order valence-corrected chi connectivity index (χ0v) is 12.7. The second kappa shape index (κ2) is 8.19. The van der Waals surface area contributed by atoms with E-state index in [2.05, 4.69) is 15.7 Å². The van der Waals surface area contributed by atoms with E-state index in [-0.39, 0.29) is 18.7 Å². The molecule has 0 radical (unpaired) electrons. The van der Waals surface area contributed by atoms with Crippen molar-refractivity contribution in [1.82, 2.24) is 20.4 Å². The zero-order valence-electron chi connectivity index (χ0n) is 12.7.